The van der Waals surface area contributed by atoms with Gasteiger partial charge in [-0.15, -0.1) is 11.6 Å². The van der Waals surface area contributed by atoms with E-state index in [0.717, 1.165) is 27.9 Å². The van der Waals surface area contributed by atoms with Gasteiger partial charge in [0.1, 0.15) is 5.82 Å². The van der Waals surface area contributed by atoms with Crippen molar-refractivity contribution in [1.29, 1.82) is 0 Å². The van der Waals surface area contributed by atoms with Gasteiger partial charge >= 0.3 is 0 Å². The van der Waals surface area contributed by atoms with Gasteiger partial charge in [0.05, 0.1) is 16.4 Å². The molecule has 1 aromatic heterocycles. The molecule has 3 rings (SSSR count). The molecule has 0 spiro atoms. The second kappa shape index (κ2) is 5.82. The molecule has 0 aliphatic carbocycles. The van der Waals surface area contributed by atoms with Crippen molar-refractivity contribution in [2.75, 3.05) is 0 Å². The zero-order chi connectivity index (χ0) is 15.0. The molecule has 0 saturated heterocycles. The third-order valence-corrected chi connectivity index (χ3v) is 4.21. The highest BCUT2D eigenvalue weighted by molar-refractivity contribution is 9.10. The highest BCUT2D eigenvalue weighted by Gasteiger charge is 2.15. The summed E-state index contributed by atoms with van der Waals surface area (Å²) in [6.07, 6.45) is 0. The molecule has 4 heteroatoms. The van der Waals surface area contributed by atoms with Gasteiger partial charge in [0.2, 0.25) is 0 Å². The molecule has 0 bridgehead atoms. The highest BCUT2D eigenvalue weighted by atomic mass is 79.9. The SMILES string of the molecule is Cc1ccc2c(c1)nc(C(C)Cl)n2Cc1cccc(Br)c1. The van der Waals surface area contributed by atoms with E-state index < -0.39 is 0 Å². The van der Waals surface area contributed by atoms with Gasteiger partial charge in [-0.1, -0.05) is 34.1 Å². The van der Waals surface area contributed by atoms with Gasteiger partial charge < -0.3 is 4.57 Å². The zero-order valence-corrected chi connectivity index (χ0v) is 14.3. The highest BCUT2D eigenvalue weighted by Crippen LogP contribution is 2.26. The predicted molar refractivity (Wildman–Crippen MR) is 92.0 cm³/mol. The minimum Gasteiger partial charge on any atom is -0.322 e. The van der Waals surface area contributed by atoms with Crippen molar-refractivity contribution in [3.8, 4) is 0 Å². The van der Waals surface area contributed by atoms with Gasteiger partial charge in [-0.05, 0) is 49.2 Å². The van der Waals surface area contributed by atoms with E-state index in [2.05, 4.69) is 57.8 Å². The minimum absolute atomic E-state index is 0.121. The number of fused-ring (bicyclic) bond motifs is 1. The topological polar surface area (TPSA) is 17.8 Å². The quantitative estimate of drug-likeness (QED) is 0.565. The normalized spacial score (nSPS) is 12.8. The van der Waals surface area contributed by atoms with Crippen LogP contribution in [-0.2, 0) is 6.54 Å². The maximum absolute atomic E-state index is 6.32. The molecule has 108 valence electrons. The first-order chi connectivity index (χ1) is 10.0. The summed E-state index contributed by atoms with van der Waals surface area (Å²) in [4.78, 5) is 4.71. The van der Waals surface area contributed by atoms with Gasteiger partial charge in [0.15, 0.2) is 0 Å². The first-order valence-electron chi connectivity index (χ1n) is 6.90. The molecule has 1 atom stereocenters. The van der Waals surface area contributed by atoms with E-state index in [-0.39, 0.29) is 5.38 Å². The lowest BCUT2D eigenvalue weighted by Gasteiger charge is -2.11. The number of imidazole rings is 1. The summed E-state index contributed by atoms with van der Waals surface area (Å²) in [7, 11) is 0. The van der Waals surface area contributed by atoms with E-state index in [1.165, 1.54) is 11.1 Å². The molecule has 21 heavy (non-hydrogen) atoms. The molecule has 0 aliphatic heterocycles. The van der Waals surface area contributed by atoms with Crippen LogP contribution in [-0.4, -0.2) is 9.55 Å². The maximum atomic E-state index is 6.32. The number of benzene rings is 2. The van der Waals surface area contributed by atoms with Gasteiger partial charge in [-0.25, -0.2) is 4.98 Å². The van der Waals surface area contributed by atoms with Crippen molar-refractivity contribution in [2.24, 2.45) is 0 Å². The number of aryl methyl sites for hydroxylation is 1. The summed E-state index contributed by atoms with van der Waals surface area (Å²) in [5.74, 6) is 0.914. The standard InChI is InChI=1S/C17H16BrClN2/c1-11-6-7-16-15(8-11)20-17(12(2)19)21(16)10-13-4-3-5-14(18)9-13/h3-9,12H,10H2,1-2H3. The van der Waals surface area contributed by atoms with E-state index in [0.29, 0.717) is 0 Å². The van der Waals surface area contributed by atoms with E-state index in [1.807, 2.05) is 19.1 Å². The fraction of sp³-hybridized carbons (Fsp3) is 0.235. The van der Waals surface area contributed by atoms with E-state index in [1.54, 1.807) is 0 Å². The molecular weight excluding hydrogens is 348 g/mol. The molecule has 3 aromatic rings. The van der Waals surface area contributed by atoms with Crippen LogP contribution in [0.2, 0.25) is 0 Å². The molecule has 0 aliphatic rings. The Kier molecular flexibility index (Phi) is 4.05. The second-order valence-electron chi connectivity index (χ2n) is 5.29. The third-order valence-electron chi connectivity index (χ3n) is 3.52. The lowest BCUT2D eigenvalue weighted by molar-refractivity contribution is 0.742. The summed E-state index contributed by atoms with van der Waals surface area (Å²) >= 11 is 9.85. The molecular formula is C17H16BrClN2. The molecule has 0 N–H and O–H groups in total. The summed E-state index contributed by atoms with van der Waals surface area (Å²) in [5.41, 5.74) is 4.57. The molecule has 1 heterocycles. The number of rotatable bonds is 3. The Morgan fingerprint density at radius 1 is 1.24 bits per heavy atom. The predicted octanol–water partition coefficient (Wildman–Crippen LogP) is 5.46. The number of hydrogen-bond acceptors (Lipinski definition) is 1. The first kappa shape index (κ1) is 14.6. The average Bonchev–Trinajstić information content (AvgIpc) is 2.77. The summed E-state index contributed by atoms with van der Waals surface area (Å²) in [5, 5.41) is -0.121. The van der Waals surface area contributed by atoms with Crippen molar-refractivity contribution in [2.45, 2.75) is 25.8 Å². The fourth-order valence-electron chi connectivity index (χ4n) is 2.55. The molecule has 2 nitrogen and oxygen atoms in total. The maximum Gasteiger partial charge on any atom is 0.128 e. The Morgan fingerprint density at radius 2 is 2.05 bits per heavy atom. The van der Waals surface area contributed by atoms with E-state index >= 15 is 0 Å². The fourth-order valence-corrected chi connectivity index (χ4v) is 3.16. The Hall–Kier alpha value is -1.32. The summed E-state index contributed by atoms with van der Waals surface area (Å²) in [6, 6.07) is 14.7. The summed E-state index contributed by atoms with van der Waals surface area (Å²) in [6.45, 7) is 4.81. The Balaban J connectivity index is 2.13. The molecule has 2 aromatic carbocycles. The van der Waals surface area contributed by atoms with Crippen molar-refractivity contribution in [1.82, 2.24) is 9.55 Å². The zero-order valence-electron chi connectivity index (χ0n) is 12.0. The van der Waals surface area contributed by atoms with Crippen LogP contribution < -0.4 is 0 Å². The molecule has 0 fully saturated rings. The molecule has 0 amide bonds. The van der Waals surface area contributed by atoms with Crippen molar-refractivity contribution in [3.05, 3.63) is 63.9 Å². The number of alkyl halides is 1. The monoisotopic (exact) mass is 362 g/mol. The first-order valence-corrected chi connectivity index (χ1v) is 8.13. The summed E-state index contributed by atoms with van der Waals surface area (Å²) < 4.78 is 3.29. The van der Waals surface area contributed by atoms with Crippen LogP contribution in [0.5, 0.6) is 0 Å². The minimum atomic E-state index is -0.121. The second-order valence-corrected chi connectivity index (χ2v) is 6.86. The van der Waals surface area contributed by atoms with Crippen molar-refractivity contribution in [3.63, 3.8) is 0 Å². The van der Waals surface area contributed by atoms with Gasteiger partial charge in [-0.2, -0.15) is 0 Å². The number of nitrogens with zero attached hydrogens (tertiary/aromatic N) is 2. The lowest BCUT2D eigenvalue weighted by Crippen LogP contribution is -2.05. The molecule has 1 unspecified atom stereocenters. The van der Waals surface area contributed by atoms with Gasteiger partial charge in [0.25, 0.3) is 0 Å². The van der Waals surface area contributed by atoms with Crippen molar-refractivity contribution >= 4 is 38.6 Å². The Bertz CT molecular complexity index is 793. The van der Waals surface area contributed by atoms with Crippen LogP contribution in [0.1, 0.15) is 29.3 Å². The number of halogens is 2. The smallest absolute Gasteiger partial charge is 0.128 e. The van der Waals surface area contributed by atoms with Crippen LogP contribution in [0, 0.1) is 6.92 Å². The lowest BCUT2D eigenvalue weighted by atomic mass is 10.2. The molecule has 0 saturated carbocycles. The average molecular weight is 364 g/mol. The largest absolute Gasteiger partial charge is 0.322 e. The van der Waals surface area contributed by atoms with Gasteiger partial charge in [0, 0.05) is 11.0 Å². The third kappa shape index (κ3) is 2.99. The van der Waals surface area contributed by atoms with Crippen LogP contribution in [0.4, 0.5) is 0 Å². The van der Waals surface area contributed by atoms with E-state index in [4.69, 9.17) is 16.6 Å². The van der Waals surface area contributed by atoms with E-state index in [9.17, 15) is 0 Å². The molecule has 0 radical (unpaired) electrons. The Labute approximate surface area is 137 Å². The van der Waals surface area contributed by atoms with Crippen LogP contribution in [0.15, 0.2) is 46.9 Å². The number of aromatic nitrogens is 2. The number of hydrogen-bond donors (Lipinski definition) is 0. The van der Waals surface area contributed by atoms with Crippen molar-refractivity contribution < 1.29 is 0 Å². The Morgan fingerprint density at radius 3 is 2.76 bits per heavy atom. The van der Waals surface area contributed by atoms with Crippen LogP contribution >= 0.6 is 27.5 Å². The van der Waals surface area contributed by atoms with Gasteiger partial charge in [-0.3, -0.25) is 0 Å². The van der Waals surface area contributed by atoms with Crippen LogP contribution in [0.25, 0.3) is 11.0 Å². The van der Waals surface area contributed by atoms with Crippen LogP contribution in [0.3, 0.4) is 0 Å².